The van der Waals surface area contributed by atoms with Gasteiger partial charge in [0.1, 0.15) is 11.8 Å². The minimum atomic E-state index is -0.254. The van der Waals surface area contributed by atoms with Crippen LogP contribution >= 0.6 is 0 Å². The average Bonchev–Trinajstić information content (AvgIpc) is 2.91. The molecule has 178 valence electrons. The number of piperidine rings is 1. The smallest absolute Gasteiger partial charge is 0.248 e. The lowest BCUT2D eigenvalue weighted by molar-refractivity contribution is -0.112. The Kier molecular flexibility index (Phi) is 6.73. The largest absolute Gasteiger partial charge is 0.455 e. The van der Waals surface area contributed by atoms with E-state index >= 15 is 0 Å². The number of rotatable bonds is 6. The van der Waals surface area contributed by atoms with E-state index in [1.165, 1.54) is 6.20 Å². The van der Waals surface area contributed by atoms with Crippen molar-refractivity contribution in [3.63, 3.8) is 0 Å². The fourth-order valence-electron chi connectivity index (χ4n) is 3.88. The second-order valence-electron chi connectivity index (χ2n) is 8.05. The van der Waals surface area contributed by atoms with Crippen LogP contribution in [0.1, 0.15) is 18.4 Å². The Morgan fingerprint density at radius 1 is 1.08 bits per heavy atom. The van der Waals surface area contributed by atoms with Gasteiger partial charge in [0, 0.05) is 48.5 Å². The fourth-order valence-corrected chi connectivity index (χ4v) is 3.88. The Balaban J connectivity index is 1.58. The first-order valence-electron chi connectivity index (χ1n) is 11.4. The van der Waals surface area contributed by atoms with Crippen molar-refractivity contribution in [3.05, 3.63) is 78.5 Å². The van der Waals surface area contributed by atoms with Gasteiger partial charge in [0.15, 0.2) is 5.75 Å². The van der Waals surface area contributed by atoms with Crippen molar-refractivity contribution < 1.29 is 9.53 Å². The molecule has 5 rings (SSSR count). The summed E-state index contributed by atoms with van der Waals surface area (Å²) in [6.07, 6.45) is 11.2. The van der Waals surface area contributed by atoms with Gasteiger partial charge in [-0.15, -0.1) is 0 Å². The van der Waals surface area contributed by atoms with Crippen LogP contribution in [0.15, 0.2) is 73.0 Å². The van der Waals surface area contributed by atoms with Crippen molar-refractivity contribution in [2.75, 3.05) is 23.7 Å². The molecule has 10 heteroatoms. The Labute approximate surface area is 207 Å². The van der Waals surface area contributed by atoms with Crippen molar-refractivity contribution >= 4 is 34.1 Å². The van der Waals surface area contributed by atoms with Gasteiger partial charge in [-0.05, 0) is 50.2 Å². The van der Waals surface area contributed by atoms with Gasteiger partial charge in [-0.1, -0.05) is 5.57 Å². The maximum absolute atomic E-state index is 12.9. The zero-order chi connectivity index (χ0) is 24.7. The molecule has 1 aromatic carbocycles. The van der Waals surface area contributed by atoms with Crippen LogP contribution in [-0.4, -0.2) is 38.9 Å². The highest BCUT2D eigenvalue weighted by Gasteiger charge is 2.17. The third-order valence-corrected chi connectivity index (χ3v) is 5.61. The van der Waals surface area contributed by atoms with Crippen LogP contribution in [0.3, 0.4) is 0 Å². The maximum Gasteiger partial charge on any atom is 0.248 e. The number of fused-ring (bicyclic) bond motifs is 1. The molecular formula is C26H22N8O2. The van der Waals surface area contributed by atoms with Crippen molar-refractivity contribution in [2.24, 2.45) is 0 Å². The van der Waals surface area contributed by atoms with E-state index in [-0.39, 0.29) is 5.91 Å². The maximum atomic E-state index is 12.9. The second-order valence-corrected chi connectivity index (χ2v) is 8.05. The molecule has 0 aliphatic carbocycles. The van der Waals surface area contributed by atoms with Gasteiger partial charge in [-0.3, -0.25) is 14.8 Å². The van der Waals surface area contributed by atoms with E-state index < -0.39 is 0 Å². The molecule has 0 radical (unpaired) electrons. The fraction of sp³-hybridized carbons (Fsp3) is 0.154. The van der Waals surface area contributed by atoms with Crippen LogP contribution in [0.5, 0.6) is 11.5 Å². The van der Waals surface area contributed by atoms with Crippen LogP contribution in [0, 0.1) is 11.3 Å². The van der Waals surface area contributed by atoms with Crippen molar-refractivity contribution in [3.8, 4) is 17.6 Å². The number of nitrogens with one attached hydrogen (secondary N) is 3. The molecule has 1 amide bonds. The lowest BCUT2D eigenvalue weighted by atomic mass is 10.1. The van der Waals surface area contributed by atoms with E-state index in [1.54, 1.807) is 61.2 Å². The van der Waals surface area contributed by atoms with Crippen LogP contribution in [0.2, 0.25) is 0 Å². The zero-order valence-electron chi connectivity index (χ0n) is 19.2. The zero-order valence-corrected chi connectivity index (χ0v) is 19.2. The number of aromatic nitrogens is 4. The predicted octanol–water partition coefficient (Wildman–Crippen LogP) is 4.08. The van der Waals surface area contributed by atoms with Gasteiger partial charge in [0.05, 0.1) is 22.5 Å². The Morgan fingerprint density at radius 3 is 2.61 bits per heavy atom. The normalized spacial score (nSPS) is 13.0. The summed E-state index contributed by atoms with van der Waals surface area (Å²) < 4.78 is 6.09. The van der Waals surface area contributed by atoms with Gasteiger partial charge in [-0.2, -0.15) is 5.26 Å². The molecule has 3 N–H and O–H groups in total. The summed E-state index contributed by atoms with van der Waals surface area (Å²) >= 11 is 0. The van der Waals surface area contributed by atoms with Gasteiger partial charge in [0.2, 0.25) is 11.9 Å². The molecule has 0 bridgehead atoms. The number of pyridine rings is 2. The SMILES string of the molecule is N#Cc1cnc2cc(Oc3ccncc3)c(NC(=O)C=C3CCNCC3)cc2c1Nc1ncccn1. The van der Waals surface area contributed by atoms with E-state index in [0.717, 1.165) is 31.5 Å². The monoisotopic (exact) mass is 478 g/mol. The summed E-state index contributed by atoms with van der Waals surface area (Å²) in [6, 6.07) is 10.8. The molecule has 1 fully saturated rings. The standard InChI is InChI=1S/C26H22N8O2/c27-15-18-16-32-21-14-23(36-19-4-10-29-11-5-19)22(33-24(35)12-17-2-8-28-9-3-17)13-20(21)25(18)34-26-30-6-1-7-31-26/h1,4-7,10-14,16,28H,2-3,8-9H2,(H,33,35)(H,30,31,32,34). The molecule has 1 aliphatic rings. The van der Waals surface area contributed by atoms with Gasteiger partial charge in [-0.25, -0.2) is 9.97 Å². The molecule has 0 atom stereocenters. The molecule has 3 aromatic heterocycles. The molecule has 36 heavy (non-hydrogen) atoms. The summed E-state index contributed by atoms with van der Waals surface area (Å²) in [5.41, 5.74) is 2.87. The minimum absolute atomic E-state index is 0.254. The summed E-state index contributed by atoms with van der Waals surface area (Å²) in [4.78, 5) is 29.8. The summed E-state index contributed by atoms with van der Waals surface area (Å²) in [5.74, 6) is 1.04. The lowest BCUT2D eigenvalue weighted by Crippen LogP contribution is -2.24. The van der Waals surface area contributed by atoms with Crippen molar-refractivity contribution in [1.82, 2.24) is 25.3 Å². The number of amides is 1. The quantitative estimate of drug-likeness (QED) is 0.350. The number of nitrogens with zero attached hydrogens (tertiary/aromatic N) is 5. The molecule has 10 nitrogen and oxygen atoms in total. The molecule has 0 spiro atoms. The average molecular weight is 479 g/mol. The topological polar surface area (TPSA) is 138 Å². The number of carbonyl (C=O) groups excluding carboxylic acids is 1. The highest BCUT2D eigenvalue weighted by Crippen LogP contribution is 2.37. The van der Waals surface area contributed by atoms with Gasteiger partial charge >= 0.3 is 0 Å². The Hall–Kier alpha value is -4.88. The number of carbonyl (C=O) groups is 1. The second kappa shape index (κ2) is 10.6. The van der Waals surface area contributed by atoms with Crippen LogP contribution in [0.25, 0.3) is 10.9 Å². The molecule has 1 saturated heterocycles. The molecule has 0 unspecified atom stereocenters. The van der Waals surface area contributed by atoms with E-state index in [2.05, 4.69) is 42.0 Å². The molecular weight excluding hydrogens is 456 g/mol. The number of benzene rings is 1. The Bertz CT molecular complexity index is 1460. The summed E-state index contributed by atoms with van der Waals surface area (Å²) in [7, 11) is 0. The highest BCUT2D eigenvalue weighted by molar-refractivity contribution is 6.05. The van der Waals surface area contributed by atoms with Crippen LogP contribution in [0.4, 0.5) is 17.3 Å². The molecule has 0 saturated carbocycles. The lowest BCUT2D eigenvalue weighted by Gasteiger charge is -2.17. The molecule has 4 aromatic rings. The third-order valence-electron chi connectivity index (χ3n) is 5.61. The molecule has 4 heterocycles. The Morgan fingerprint density at radius 2 is 1.86 bits per heavy atom. The number of nitriles is 1. The number of hydrogen-bond acceptors (Lipinski definition) is 9. The van der Waals surface area contributed by atoms with Crippen LogP contribution in [-0.2, 0) is 4.79 Å². The minimum Gasteiger partial charge on any atom is -0.455 e. The van der Waals surface area contributed by atoms with Crippen molar-refractivity contribution in [2.45, 2.75) is 12.8 Å². The van der Waals surface area contributed by atoms with Crippen molar-refractivity contribution in [1.29, 1.82) is 5.26 Å². The third kappa shape index (κ3) is 5.27. The number of ether oxygens (including phenoxy) is 1. The number of anilines is 3. The van der Waals surface area contributed by atoms with E-state index in [0.29, 0.717) is 45.3 Å². The van der Waals surface area contributed by atoms with E-state index in [1.807, 2.05) is 0 Å². The first kappa shape index (κ1) is 22.9. The summed E-state index contributed by atoms with van der Waals surface area (Å²) in [5, 5.41) is 19.7. The first-order chi connectivity index (χ1) is 17.7. The molecule has 1 aliphatic heterocycles. The summed E-state index contributed by atoms with van der Waals surface area (Å²) in [6.45, 7) is 1.70. The number of hydrogen-bond donors (Lipinski definition) is 3. The first-order valence-corrected chi connectivity index (χ1v) is 11.4. The van der Waals surface area contributed by atoms with Crippen LogP contribution < -0.4 is 20.7 Å². The van der Waals surface area contributed by atoms with E-state index in [4.69, 9.17) is 4.74 Å². The van der Waals surface area contributed by atoms with E-state index in [9.17, 15) is 10.1 Å². The van der Waals surface area contributed by atoms with Gasteiger partial charge in [0.25, 0.3) is 0 Å². The highest BCUT2D eigenvalue weighted by atomic mass is 16.5. The van der Waals surface area contributed by atoms with Gasteiger partial charge < -0.3 is 20.7 Å². The predicted molar refractivity (Wildman–Crippen MR) is 135 cm³/mol.